The van der Waals surface area contributed by atoms with Crippen molar-refractivity contribution in [2.75, 3.05) is 13.6 Å². The van der Waals surface area contributed by atoms with Crippen LogP contribution in [0.5, 0.6) is 0 Å². The zero-order valence-electron chi connectivity index (χ0n) is 15.0. The lowest BCUT2D eigenvalue weighted by Crippen LogP contribution is -2.34. The highest BCUT2D eigenvalue weighted by Gasteiger charge is 2.06. The Hall–Kier alpha value is -2.76. The normalized spacial score (nSPS) is 12.0. The van der Waals surface area contributed by atoms with Gasteiger partial charge in [-0.3, -0.25) is 0 Å². The van der Waals surface area contributed by atoms with Gasteiger partial charge in [0.2, 0.25) is 0 Å². The zero-order valence-corrected chi connectivity index (χ0v) is 15.0. The minimum absolute atomic E-state index is 0.195. The first-order valence-corrected chi connectivity index (χ1v) is 8.68. The molecule has 1 atom stereocenters. The molecule has 128 valence electrons. The molecule has 0 fully saturated rings. The van der Waals surface area contributed by atoms with Gasteiger partial charge in [-0.1, -0.05) is 61.2 Å². The molecule has 2 aromatic carbocycles. The topological polar surface area (TPSA) is 24.1 Å². The highest BCUT2D eigenvalue weighted by atomic mass is 15.0. The quantitative estimate of drug-likeness (QED) is 0.587. The van der Waals surface area contributed by atoms with E-state index in [1.807, 2.05) is 43.5 Å². The van der Waals surface area contributed by atoms with E-state index in [0.717, 1.165) is 35.4 Å². The molecule has 0 aliphatic rings. The van der Waals surface area contributed by atoms with E-state index in [4.69, 9.17) is 0 Å². The van der Waals surface area contributed by atoms with Gasteiger partial charge in [0, 0.05) is 23.4 Å². The van der Waals surface area contributed by atoms with Crippen LogP contribution in [0, 0.1) is 11.8 Å². The van der Waals surface area contributed by atoms with Gasteiger partial charge >= 0.3 is 0 Å². The zero-order chi connectivity index (χ0) is 17.9. The Morgan fingerprint density at radius 3 is 2.24 bits per heavy atom. The summed E-state index contributed by atoms with van der Waals surface area (Å²) in [6.07, 6.45) is 5.11. The molecule has 0 amide bonds. The number of rotatable bonds is 7. The summed E-state index contributed by atoms with van der Waals surface area (Å²) >= 11 is 0. The summed E-state index contributed by atoms with van der Waals surface area (Å²) in [5, 5.41) is 6.72. The van der Waals surface area contributed by atoms with Crippen LogP contribution in [0.4, 0.5) is 0 Å². The van der Waals surface area contributed by atoms with E-state index in [1.54, 1.807) is 0 Å². The van der Waals surface area contributed by atoms with Crippen molar-refractivity contribution in [3.05, 3.63) is 90.0 Å². The Bertz CT molecular complexity index is 746. The van der Waals surface area contributed by atoms with Gasteiger partial charge in [-0.25, -0.2) is 0 Å². The monoisotopic (exact) mass is 330 g/mol. The Kier molecular flexibility index (Phi) is 7.56. The fraction of sp³-hybridized carbons (Fsp3) is 0.217. The van der Waals surface area contributed by atoms with E-state index in [2.05, 4.69) is 66.3 Å². The van der Waals surface area contributed by atoms with Crippen molar-refractivity contribution in [1.82, 2.24) is 10.6 Å². The van der Waals surface area contributed by atoms with Crippen molar-refractivity contribution < 1.29 is 0 Å². The summed E-state index contributed by atoms with van der Waals surface area (Å²) in [5.74, 6) is 6.41. The van der Waals surface area contributed by atoms with Crippen molar-refractivity contribution in [2.45, 2.75) is 19.4 Å². The fourth-order valence-electron chi connectivity index (χ4n) is 2.48. The lowest BCUT2D eigenvalue weighted by molar-refractivity contribution is 0.650. The first-order valence-electron chi connectivity index (χ1n) is 8.68. The second kappa shape index (κ2) is 10.2. The Balaban J connectivity index is 2.14. The van der Waals surface area contributed by atoms with Gasteiger partial charge in [0.1, 0.15) is 0 Å². The van der Waals surface area contributed by atoms with Crippen LogP contribution in [0.25, 0.3) is 5.70 Å². The minimum atomic E-state index is 0.195. The largest absolute Gasteiger partial charge is 0.377 e. The van der Waals surface area contributed by atoms with E-state index >= 15 is 0 Å². The van der Waals surface area contributed by atoms with E-state index in [1.165, 1.54) is 0 Å². The van der Waals surface area contributed by atoms with E-state index in [9.17, 15) is 0 Å². The predicted molar refractivity (Wildman–Crippen MR) is 108 cm³/mol. The van der Waals surface area contributed by atoms with Gasteiger partial charge in [-0.05, 0) is 43.3 Å². The number of likely N-dealkylation sites (N-methyl/N-ethyl adjacent to an activating group) is 1. The number of nitrogens with one attached hydrogen (secondary N) is 2. The van der Waals surface area contributed by atoms with Crippen LogP contribution in [-0.2, 0) is 0 Å². The SMILES string of the molecule is C=CC(CNC)N/C(=C/CC)c1ccc(C#Cc2ccccc2)cc1. The van der Waals surface area contributed by atoms with Gasteiger partial charge in [0.15, 0.2) is 0 Å². The minimum Gasteiger partial charge on any atom is -0.377 e. The van der Waals surface area contributed by atoms with Gasteiger partial charge in [0.25, 0.3) is 0 Å². The number of allylic oxidation sites excluding steroid dienone is 1. The smallest absolute Gasteiger partial charge is 0.0566 e. The molecule has 0 radical (unpaired) electrons. The Morgan fingerprint density at radius 1 is 1.04 bits per heavy atom. The molecule has 0 aromatic heterocycles. The second-order valence-electron chi connectivity index (χ2n) is 5.76. The maximum absolute atomic E-state index is 3.91. The molecule has 2 aromatic rings. The molecule has 2 heteroatoms. The molecule has 0 saturated heterocycles. The van der Waals surface area contributed by atoms with Crippen molar-refractivity contribution in [2.24, 2.45) is 0 Å². The Morgan fingerprint density at radius 2 is 1.68 bits per heavy atom. The van der Waals surface area contributed by atoms with Crippen LogP contribution in [0.1, 0.15) is 30.0 Å². The average molecular weight is 330 g/mol. The van der Waals surface area contributed by atoms with Gasteiger partial charge in [-0.2, -0.15) is 0 Å². The van der Waals surface area contributed by atoms with Gasteiger partial charge in [0.05, 0.1) is 6.04 Å². The van der Waals surface area contributed by atoms with Crippen LogP contribution in [0.3, 0.4) is 0 Å². The molecule has 0 heterocycles. The van der Waals surface area contributed by atoms with Crippen molar-refractivity contribution in [1.29, 1.82) is 0 Å². The number of benzene rings is 2. The first kappa shape index (κ1) is 18.6. The second-order valence-corrected chi connectivity index (χ2v) is 5.76. The van der Waals surface area contributed by atoms with Crippen LogP contribution in [0.15, 0.2) is 73.3 Å². The Labute approximate surface area is 151 Å². The molecule has 2 nitrogen and oxygen atoms in total. The summed E-state index contributed by atoms with van der Waals surface area (Å²) in [7, 11) is 1.95. The molecule has 25 heavy (non-hydrogen) atoms. The average Bonchev–Trinajstić information content (AvgIpc) is 2.66. The molecular formula is C23H26N2. The molecule has 0 spiro atoms. The molecule has 0 aliphatic heterocycles. The van der Waals surface area contributed by atoms with Crippen molar-refractivity contribution >= 4 is 5.70 Å². The fourth-order valence-corrected chi connectivity index (χ4v) is 2.48. The van der Waals surface area contributed by atoms with Gasteiger partial charge < -0.3 is 10.6 Å². The summed E-state index contributed by atoms with van der Waals surface area (Å²) in [6, 6.07) is 18.6. The van der Waals surface area contributed by atoms with Gasteiger partial charge in [-0.15, -0.1) is 6.58 Å². The van der Waals surface area contributed by atoms with Crippen LogP contribution >= 0.6 is 0 Å². The molecule has 0 bridgehead atoms. The van der Waals surface area contributed by atoms with Crippen LogP contribution < -0.4 is 10.6 Å². The standard InChI is InChI=1S/C23H26N2/c1-4-9-23(25-22(5-2)18-24-3)21-16-14-20(15-17-21)13-12-19-10-7-6-8-11-19/h5-11,14-17,22,24-25H,2,4,18H2,1,3H3/b23-9+. The summed E-state index contributed by atoms with van der Waals surface area (Å²) in [5.41, 5.74) is 4.33. The summed E-state index contributed by atoms with van der Waals surface area (Å²) in [4.78, 5) is 0. The third kappa shape index (κ3) is 5.99. The van der Waals surface area contributed by atoms with E-state index < -0.39 is 0 Å². The molecular weight excluding hydrogens is 304 g/mol. The molecule has 0 aliphatic carbocycles. The highest BCUT2D eigenvalue weighted by molar-refractivity contribution is 5.65. The maximum Gasteiger partial charge on any atom is 0.0566 e. The summed E-state index contributed by atoms with van der Waals surface area (Å²) < 4.78 is 0. The van der Waals surface area contributed by atoms with Crippen molar-refractivity contribution in [3.8, 4) is 11.8 Å². The predicted octanol–water partition coefficient (Wildman–Crippen LogP) is 4.20. The molecule has 2 N–H and O–H groups in total. The number of hydrogen-bond donors (Lipinski definition) is 2. The third-order valence-corrected chi connectivity index (χ3v) is 3.78. The molecule has 1 unspecified atom stereocenters. The lowest BCUT2D eigenvalue weighted by Gasteiger charge is -2.19. The maximum atomic E-state index is 3.91. The first-order chi connectivity index (χ1) is 12.3. The lowest BCUT2D eigenvalue weighted by atomic mass is 10.1. The molecule has 0 saturated carbocycles. The highest BCUT2D eigenvalue weighted by Crippen LogP contribution is 2.14. The number of hydrogen-bond acceptors (Lipinski definition) is 2. The van der Waals surface area contributed by atoms with Crippen LogP contribution in [-0.4, -0.2) is 19.6 Å². The van der Waals surface area contributed by atoms with Crippen LogP contribution in [0.2, 0.25) is 0 Å². The van der Waals surface area contributed by atoms with Crippen molar-refractivity contribution in [3.63, 3.8) is 0 Å². The third-order valence-electron chi connectivity index (χ3n) is 3.78. The van der Waals surface area contributed by atoms with E-state index in [0.29, 0.717) is 0 Å². The molecule has 2 rings (SSSR count). The van der Waals surface area contributed by atoms with E-state index in [-0.39, 0.29) is 6.04 Å². The summed E-state index contributed by atoms with van der Waals surface area (Å²) in [6.45, 7) is 6.89.